The summed E-state index contributed by atoms with van der Waals surface area (Å²) in [5.74, 6) is 0. The molecule has 0 aliphatic carbocycles. The van der Waals surface area contributed by atoms with Crippen LogP contribution < -0.4 is 4.90 Å². The third-order valence-corrected chi connectivity index (χ3v) is 5.74. The van der Waals surface area contributed by atoms with Crippen molar-refractivity contribution in [2.45, 2.75) is 13.2 Å². The number of pyridine rings is 1. The molecule has 4 rings (SSSR count). The molecule has 3 heterocycles. The fourth-order valence-electron chi connectivity index (χ4n) is 2.71. The molecule has 5 nitrogen and oxygen atoms in total. The van der Waals surface area contributed by atoms with Crippen LogP contribution in [0.15, 0.2) is 36.5 Å². The number of rotatable bonds is 4. The largest absolute Gasteiger partial charge is 0.313 e. The topological polar surface area (TPSA) is 39.6 Å². The van der Waals surface area contributed by atoms with Gasteiger partial charge in [-0.3, -0.25) is 4.40 Å². The average molecular weight is 411 g/mol. The number of hydrogen-bond donors (Lipinski definition) is 1. The number of thiazole rings is 1. The van der Waals surface area contributed by atoms with Crippen LogP contribution in [0.2, 0.25) is 10.0 Å². The number of para-hydroxylation sites is 1. The minimum absolute atomic E-state index is 0.487. The van der Waals surface area contributed by atoms with E-state index in [1.165, 1.54) is 9.60 Å². The van der Waals surface area contributed by atoms with E-state index >= 15 is 0 Å². The van der Waals surface area contributed by atoms with E-state index in [1.807, 2.05) is 18.2 Å². The van der Waals surface area contributed by atoms with Crippen LogP contribution in [0.1, 0.15) is 5.01 Å². The van der Waals surface area contributed by atoms with E-state index in [9.17, 15) is 0 Å². The van der Waals surface area contributed by atoms with Crippen molar-refractivity contribution in [3.63, 3.8) is 0 Å². The summed E-state index contributed by atoms with van der Waals surface area (Å²) in [6.45, 7) is 1.41. The maximum absolute atomic E-state index is 6.22. The molecule has 0 bridgehead atoms. The number of nitrogens with one attached hydrogen (secondary N) is 1. The highest BCUT2D eigenvalue weighted by molar-refractivity contribution is 7.71. The Hall–Kier alpha value is -1.51. The second-order valence-electron chi connectivity index (χ2n) is 5.85. The van der Waals surface area contributed by atoms with Crippen LogP contribution in [-0.4, -0.2) is 26.2 Å². The van der Waals surface area contributed by atoms with Gasteiger partial charge in [-0.15, -0.1) is 16.4 Å². The molecular weight excluding hydrogens is 397 g/mol. The molecule has 128 valence electrons. The second-order valence-corrected chi connectivity index (χ2v) is 8.17. The van der Waals surface area contributed by atoms with E-state index in [4.69, 9.17) is 35.4 Å². The molecule has 0 radical (unpaired) electrons. The zero-order valence-electron chi connectivity index (χ0n) is 13.2. The lowest BCUT2D eigenvalue weighted by molar-refractivity contribution is -0.917. The SMILES string of the molecule is C[NH+](Cc1nc2ccccc2s1)Cn1nc2c(Cl)cc(Cl)cn2c1=S. The van der Waals surface area contributed by atoms with Gasteiger partial charge in [0, 0.05) is 6.20 Å². The first-order valence-electron chi connectivity index (χ1n) is 7.61. The molecule has 0 spiro atoms. The standard InChI is InChI=1S/C16H13Cl2N5S2/c1-21(8-14-19-12-4-2-3-5-13(12)25-14)9-23-16(24)22-7-10(17)6-11(18)15(22)20-23/h2-7H,8-9H2,1H3/p+1. The average Bonchev–Trinajstić information content (AvgIpc) is 3.09. The fraction of sp³-hybridized carbons (Fsp3) is 0.188. The number of aromatic nitrogens is 4. The van der Waals surface area contributed by atoms with Crippen LogP contribution in [0, 0.1) is 4.77 Å². The highest BCUT2D eigenvalue weighted by Gasteiger charge is 2.14. The molecule has 0 aliphatic rings. The predicted octanol–water partition coefficient (Wildman–Crippen LogP) is 3.45. The van der Waals surface area contributed by atoms with Crippen molar-refractivity contribution < 1.29 is 4.90 Å². The van der Waals surface area contributed by atoms with Gasteiger partial charge in [0.25, 0.3) is 0 Å². The van der Waals surface area contributed by atoms with E-state index < -0.39 is 0 Å². The van der Waals surface area contributed by atoms with E-state index in [2.05, 4.69) is 23.2 Å². The van der Waals surface area contributed by atoms with E-state index in [-0.39, 0.29) is 0 Å². The Balaban J connectivity index is 1.59. The van der Waals surface area contributed by atoms with Gasteiger partial charge in [0.1, 0.15) is 11.6 Å². The minimum atomic E-state index is 0.487. The quantitative estimate of drug-likeness (QED) is 0.523. The van der Waals surface area contributed by atoms with Gasteiger partial charge in [-0.05, 0) is 30.4 Å². The Morgan fingerprint density at radius 2 is 2.08 bits per heavy atom. The number of halogens is 2. The van der Waals surface area contributed by atoms with E-state index in [0.29, 0.717) is 27.1 Å². The van der Waals surface area contributed by atoms with Crippen LogP contribution in [0.5, 0.6) is 0 Å². The lowest BCUT2D eigenvalue weighted by atomic mass is 10.3. The number of nitrogens with zero attached hydrogens (tertiary/aromatic N) is 4. The van der Waals surface area contributed by atoms with Gasteiger partial charge in [0.05, 0.1) is 27.3 Å². The van der Waals surface area contributed by atoms with Gasteiger partial charge in [-0.25, -0.2) is 4.98 Å². The normalized spacial score (nSPS) is 12.9. The highest BCUT2D eigenvalue weighted by Crippen LogP contribution is 2.22. The van der Waals surface area contributed by atoms with Crippen molar-refractivity contribution in [2.24, 2.45) is 0 Å². The Kier molecular flexibility index (Phi) is 4.51. The first-order valence-corrected chi connectivity index (χ1v) is 9.59. The first kappa shape index (κ1) is 16.9. The summed E-state index contributed by atoms with van der Waals surface area (Å²) in [4.78, 5) is 5.91. The maximum atomic E-state index is 6.22. The highest BCUT2D eigenvalue weighted by atomic mass is 35.5. The van der Waals surface area contributed by atoms with Crippen molar-refractivity contribution in [1.82, 2.24) is 19.2 Å². The summed E-state index contributed by atoms with van der Waals surface area (Å²) in [5, 5.41) is 6.64. The number of quaternary nitrogens is 1. The van der Waals surface area contributed by atoms with E-state index in [0.717, 1.165) is 17.1 Å². The van der Waals surface area contributed by atoms with Gasteiger partial charge in [-0.2, -0.15) is 4.68 Å². The lowest BCUT2D eigenvalue weighted by Crippen LogP contribution is -3.07. The molecule has 1 unspecified atom stereocenters. The summed E-state index contributed by atoms with van der Waals surface area (Å²) >= 11 is 19.5. The zero-order chi connectivity index (χ0) is 17.6. The van der Waals surface area contributed by atoms with Crippen molar-refractivity contribution in [1.29, 1.82) is 0 Å². The number of benzene rings is 1. The third-order valence-electron chi connectivity index (χ3n) is 3.81. The molecule has 0 amide bonds. The molecule has 1 N–H and O–H groups in total. The van der Waals surface area contributed by atoms with Crippen LogP contribution >= 0.6 is 46.8 Å². The Labute approximate surface area is 163 Å². The van der Waals surface area contributed by atoms with Crippen molar-refractivity contribution in [2.75, 3.05) is 7.05 Å². The smallest absolute Gasteiger partial charge is 0.207 e. The summed E-state index contributed by atoms with van der Waals surface area (Å²) in [7, 11) is 2.09. The second kappa shape index (κ2) is 6.66. The number of hydrogen-bond acceptors (Lipinski definition) is 4. The third kappa shape index (κ3) is 3.30. The van der Waals surface area contributed by atoms with Crippen LogP contribution in [0.3, 0.4) is 0 Å². The summed E-state index contributed by atoms with van der Waals surface area (Å²) in [5.41, 5.74) is 1.66. The Bertz CT molecular complexity index is 1100. The monoisotopic (exact) mass is 410 g/mol. The molecule has 1 atom stereocenters. The summed E-state index contributed by atoms with van der Waals surface area (Å²) in [6.07, 6.45) is 1.73. The molecule has 0 fully saturated rings. The molecule has 0 aliphatic heterocycles. The number of fused-ring (bicyclic) bond motifs is 2. The van der Waals surface area contributed by atoms with Crippen molar-refractivity contribution in [3.8, 4) is 0 Å². The molecule has 3 aromatic heterocycles. The predicted molar refractivity (Wildman–Crippen MR) is 104 cm³/mol. The minimum Gasteiger partial charge on any atom is -0.313 e. The molecular formula is C16H14Cl2N5S2+. The molecule has 9 heteroatoms. The maximum Gasteiger partial charge on any atom is 0.207 e. The molecule has 4 aromatic rings. The summed E-state index contributed by atoms with van der Waals surface area (Å²) in [6, 6.07) is 9.84. The fourth-order valence-corrected chi connectivity index (χ4v) is 4.55. The van der Waals surface area contributed by atoms with E-state index in [1.54, 1.807) is 32.7 Å². The summed E-state index contributed by atoms with van der Waals surface area (Å²) < 4.78 is 5.29. The van der Waals surface area contributed by atoms with Gasteiger partial charge < -0.3 is 4.90 Å². The van der Waals surface area contributed by atoms with Gasteiger partial charge in [-0.1, -0.05) is 35.3 Å². The van der Waals surface area contributed by atoms with Crippen molar-refractivity contribution >= 4 is 62.6 Å². The molecule has 0 saturated carbocycles. The van der Waals surface area contributed by atoms with Gasteiger partial charge in [0.2, 0.25) is 4.77 Å². The first-order chi connectivity index (χ1) is 12.0. The van der Waals surface area contributed by atoms with Gasteiger partial charge >= 0.3 is 0 Å². The molecule has 1 aromatic carbocycles. The Morgan fingerprint density at radius 3 is 2.88 bits per heavy atom. The van der Waals surface area contributed by atoms with Crippen LogP contribution in [0.4, 0.5) is 0 Å². The zero-order valence-corrected chi connectivity index (χ0v) is 16.4. The molecule has 25 heavy (non-hydrogen) atoms. The van der Waals surface area contributed by atoms with Crippen LogP contribution in [-0.2, 0) is 13.2 Å². The Morgan fingerprint density at radius 1 is 1.28 bits per heavy atom. The van der Waals surface area contributed by atoms with Gasteiger partial charge in [0.15, 0.2) is 12.3 Å². The van der Waals surface area contributed by atoms with Crippen molar-refractivity contribution in [3.05, 3.63) is 56.4 Å². The van der Waals surface area contributed by atoms with Crippen LogP contribution in [0.25, 0.3) is 15.9 Å². The molecule has 0 saturated heterocycles. The lowest BCUT2D eigenvalue weighted by Gasteiger charge is -2.11.